The second kappa shape index (κ2) is 7.70. The normalized spacial score (nSPS) is 10.3. The zero-order valence-electron chi connectivity index (χ0n) is 15.0. The van der Waals surface area contributed by atoms with Crippen molar-refractivity contribution in [1.29, 1.82) is 0 Å². The van der Waals surface area contributed by atoms with Crippen LogP contribution in [-0.4, -0.2) is 18.0 Å². The number of ether oxygens (including phenoxy) is 1. The number of nitrogens with zero attached hydrogens (tertiary/aromatic N) is 1. The molecule has 0 radical (unpaired) electrons. The van der Waals surface area contributed by atoms with Crippen LogP contribution in [0.3, 0.4) is 0 Å². The number of methoxy groups -OCH3 is 1. The number of amides is 1. The van der Waals surface area contributed by atoms with Gasteiger partial charge in [-0.05, 0) is 55.3 Å². The summed E-state index contributed by atoms with van der Waals surface area (Å²) in [7, 11) is 1.57. The maximum absolute atomic E-state index is 12.6. The van der Waals surface area contributed by atoms with Gasteiger partial charge in [-0.25, -0.2) is 0 Å². The van der Waals surface area contributed by atoms with E-state index in [0.717, 1.165) is 11.4 Å². The third-order valence-corrected chi connectivity index (χ3v) is 4.15. The number of nitrogens with one attached hydrogen (secondary N) is 2. The van der Waals surface area contributed by atoms with Gasteiger partial charge in [-0.3, -0.25) is 9.78 Å². The Morgan fingerprint density at radius 1 is 0.962 bits per heavy atom. The van der Waals surface area contributed by atoms with Crippen LogP contribution < -0.4 is 15.4 Å². The van der Waals surface area contributed by atoms with Crippen molar-refractivity contribution < 1.29 is 9.53 Å². The number of carbonyl (C=O) groups excluding carboxylic acids is 1. The van der Waals surface area contributed by atoms with Crippen LogP contribution in [0.4, 0.5) is 17.1 Å². The quantitative estimate of drug-likeness (QED) is 0.702. The van der Waals surface area contributed by atoms with Crippen molar-refractivity contribution in [3.05, 3.63) is 77.6 Å². The Hall–Kier alpha value is -3.34. The first-order valence-electron chi connectivity index (χ1n) is 8.30. The van der Waals surface area contributed by atoms with Gasteiger partial charge in [0.1, 0.15) is 5.75 Å². The lowest BCUT2D eigenvalue weighted by molar-refractivity contribution is 0.102. The lowest BCUT2D eigenvalue weighted by atomic mass is 10.1. The summed E-state index contributed by atoms with van der Waals surface area (Å²) in [6, 6.07) is 15.2. The first-order valence-corrected chi connectivity index (χ1v) is 8.30. The summed E-state index contributed by atoms with van der Waals surface area (Å²) in [6.07, 6.45) is 3.23. The molecule has 1 amide bonds. The third-order valence-electron chi connectivity index (χ3n) is 4.15. The minimum atomic E-state index is -0.245. The Morgan fingerprint density at radius 3 is 2.54 bits per heavy atom. The summed E-state index contributed by atoms with van der Waals surface area (Å²) in [6.45, 7) is 4.14. The number of aromatic nitrogens is 1. The molecule has 0 saturated heterocycles. The summed E-state index contributed by atoms with van der Waals surface area (Å²) in [4.78, 5) is 16.7. The number of anilines is 3. The number of carbonyl (C=O) groups is 1. The van der Waals surface area contributed by atoms with E-state index in [1.165, 1.54) is 17.3 Å². The van der Waals surface area contributed by atoms with E-state index in [1.807, 2.05) is 18.2 Å². The van der Waals surface area contributed by atoms with Crippen LogP contribution >= 0.6 is 0 Å². The van der Waals surface area contributed by atoms with E-state index in [-0.39, 0.29) is 5.91 Å². The van der Waals surface area contributed by atoms with E-state index in [4.69, 9.17) is 4.74 Å². The van der Waals surface area contributed by atoms with Crippen molar-refractivity contribution in [3.8, 4) is 5.75 Å². The second-order valence-electron chi connectivity index (χ2n) is 6.04. The van der Waals surface area contributed by atoms with Crippen molar-refractivity contribution >= 4 is 23.0 Å². The van der Waals surface area contributed by atoms with Crippen LogP contribution in [0.25, 0.3) is 0 Å². The van der Waals surface area contributed by atoms with Gasteiger partial charge in [-0.1, -0.05) is 18.2 Å². The average Bonchev–Trinajstić information content (AvgIpc) is 2.65. The molecule has 0 aliphatic rings. The van der Waals surface area contributed by atoms with Crippen molar-refractivity contribution in [2.75, 3.05) is 17.7 Å². The molecule has 0 atom stereocenters. The molecule has 132 valence electrons. The Balaban J connectivity index is 1.78. The van der Waals surface area contributed by atoms with E-state index >= 15 is 0 Å². The zero-order valence-corrected chi connectivity index (χ0v) is 15.0. The highest BCUT2D eigenvalue weighted by atomic mass is 16.5. The molecule has 0 bridgehead atoms. The first kappa shape index (κ1) is 17.5. The summed E-state index contributed by atoms with van der Waals surface area (Å²) < 4.78 is 5.26. The Bertz CT molecular complexity index is 938. The van der Waals surface area contributed by atoms with Gasteiger partial charge in [0.05, 0.1) is 30.2 Å². The van der Waals surface area contributed by atoms with Gasteiger partial charge in [0, 0.05) is 11.9 Å². The smallest absolute Gasteiger partial charge is 0.257 e. The molecule has 0 aliphatic carbocycles. The molecule has 5 heteroatoms. The van der Waals surface area contributed by atoms with Gasteiger partial charge in [0.25, 0.3) is 5.91 Å². The lowest BCUT2D eigenvalue weighted by Gasteiger charge is -2.11. The minimum Gasteiger partial charge on any atom is -0.495 e. The van der Waals surface area contributed by atoms with Gasteiger partial charge in [-0.15, -0.1) is 0 Å². The second-order valence-corrected chi connectivity index (χ2v) is 6.04. The van der Waals surface area contributed by atoms with E-state index < -0.39 is 0 Å². The summed E-state index contributed by atoms with van der Waals surface area (Å²) >= 11 is 0. The maximum atomic E-state index is 12.6. The zero-order chi connectivity index (χ0) is 18.5. The Kier molecular flexibility index (Phi) is 5.17. The van der Waals surface area contributed by atoms with Crippen molar-refractivity contribution in [3.63, 3.8) is 0 Å². The SMILES string of the molecule is COc1ccccc1NC(=O)c1cncc(Nc2ccc(C)c(C)c2)c1. The standard InChI is InChI=1S/C21H21N3O2/c1-14-8-9-17(10-15(14)2)23-18-11-16(12-22-13-18)21(25)24-19-6-4-5-7-20(19)26-3/h4-13,23H,1-3H3,(H,24,25). The fraction of sp³-hybridized carbons (Fsp3) is 0.143. The molecule has 0 fully saturated rings. The highest BCUT2D eigenvalue weighted by Crippen LogP contribution is 2.24. The molecular formula is C21H21N3O2. The van der Waals surface area contributed by atoms with Crippen molar-refractivity contribution in [1.82, 2.24) is 4.98 Å². The third kappa shape index (κ3) is 4.00. The number of benzene rings is 2. The van der Waals surface area contributed by atoms with Crippen LogP contribution in [0.2, 0.25) is 0 Å². The number of aryl methyl sites for hydroxylation is 2. The van der Waals surface area contributed by atoms with E-state index in [1.54, 1.807) is 31.5 Å². The first-order chi connectivity index (χ1) is 12.6. The highest BCUT2D eigenvalue weighted by Gasteiger charge is 2.10. The number of rotatable bonds is 5. The molecule has 0 spiro atoms. The van der Waals surface area contributed by atoms with Crippen LogP contribution in [0.15, 0.2) is 60.9 Å². The Labute approximate surface area is 153 Å². The van der Waals surface area contributed by atoms with Gasteiger partial charge in [0.2, 0.25) is 0 Å². The maximum Gasteiger partial charge on any atom is 0.257 e. The molecule has 3 rings (SSSR count). The average molecular weight is 347 g/mol. The molecule has 0 unspecified atom stereocenters. The molecule has 3 aromatic rings. The molecular weight excluding hydrogens is 326 g/mol. The fourth-order valence-corrected chi connectivity index (χ4v) is 2.56. The predicted molar refractivity (Wildman–Crippen MR) is 104 cm³/mol. The number of pyridine rings is 1. The van der Waals surface area contributed by atoms with Gasteiger partial charge < -0.3 is 15.4 Å². The molecule has 5 nitrogen and oxygen atoms in total. The van der Waals surface area contributed by atoms with Crippen LogP contribution in [0, 0.1) is 13.8 Å². The summed E-state index contributed by atoms with van der Waals surface area (Å²) in [5.41, 5.74) is 5.22. The molecule has 26 heavy (non-hydrogen) atoms. The van der Waals surface area contributed by atoms with E-state index in [2.05, 4.69) is 41.6 Å². The number of para-hydroxylation sites is 2. The monoisotopic (exact) mass is 347 g/mol. The van der Waals surface area contributed by atoms with Crippen molar-refractivity contribution in [2.45, 2.75) is 13.8 Å². The highest BCUT2D eigenvalue weighted by molar-refractivity contribution is 6.05. The van der Waals surface area contributed by atoms with Gasteiger partial charge >= 0.3 is 0 Å². The number of hydrogen-bond acceptors (Lipinski definition) is 4. The van der Waals surface area contributed by atoms with Gasteiger partial charge in [-0.2, -0.15) is 0 Å². The molecule has 2 aromatic carbocycles. The van der Waals surface area contributed by atoms with Gasteiger partial charge in [0.15, 0.2) is 0 Å². The summed E-state index contributed by atoms with van der Waals surface area (Å²) in [5.74, 6) is 0.365. The molecule has 0 saturated carbocycles. The predicted octanol–water partition coefficient (Wildman–Crippen LogP) is 4.70. The topological polar surface area (TPSA) is 63.2 Å². The minimum absolute atomic E-state index is 0.245. The van der Waals surface area contributed by atoms with E-state index in [0.29, 0.717) is 17.0 Å². The Morgan fingerprint density at radius 2 is 1.77 bits per heavy atom. The number of hydrogen-bond donors (Lipinski definition) is 2. The fourth-order valence-electron chi connectivity index (χ4n) is 2.56. The molecule has 1 heterocycles. The van der Waals surface area contributed by atoms with Crippen LogP contribution in [-0.2, 0) is 0 Å². The van der Waals surface area contributed by atoms with E-state index in [9.17, 15) is 4.79 Å². The van der Waals surface area contributed by atoms with Crippen LogP contribution in [0.1, 0.15) is 21.5 Å². The largest absolute Gasteiger partial charge is 0.495 e. The summed E-state index contributed by atoms with van der Waals surface area (Å²) in [5, 5.41) is 6.14. The lowest BCUT2D eigenvalue weighted by Crippen LogP contribution is -2.13. The molecule has 2 N–H and O–H groups in total. The molecule has 0 aliphatic heterocycles. The van der Waals surface area contributed by atoms with Crippen molar-refractivity contribution in [2.24, 2.45) is 0 Å². The molecule has 1 aromatic heterocycles. The van der Waals surface area contributed by atoms with Crippen LogP contribution in [0.5, 0.6) is 5.75 Å².